The van der Waals surface area contributed by atoms with Crippen molar-refractivity contribution in [2.45, 2.75) is 58.9 Å². The first-order chi connectivity index (χ1) is 8.16. The van der Waals surface area contributed by atoms with Gasteiger partial charge in [-0.2, -0.15) is 0 Å². The molecule has 0 aromatic heterocycles. The number of rotatable bonds is 3. The van der Waals surface area contributed by atoms with Crippen molar-refractivity contribution in [1.29, 1.82) is 0 Å². The summed E-state index contributed by atoms with van der Waals surface area (Å²) in [7, 11) is 0. The van der Waals surface area contributed by atoms with Crippen LogP contribution in [0.15, 0.2) is 12.1 Å². The topological polar surface area (TPSA) is 12.0 Å². The highest BCUT2D eigenvalue weighted by Crippen LogP contribution is 2.20. The van der Waals surface area contributed by atoms with Gasteiger partial charge in [-0.05, 0) is 69.7 Å². The zero-order valence-electron chi connectivity index (χ0n) is 11.5. The number of nitrogens with one attached hydrogen (secondary N) is 1. The molecule has 0 aliphatic carbocycles. The third-order valence-electron chi connectivity index (χ3n) is 4.00. The first-order valence-corrected chi connectivity index (χ1v) is 6.97. The van der Waals surface area contributed by atoms with E-state index in [0.717, 1.165) is 6.04 Å². The van der Waals surface area contributed by atoms with E-state index >= 15 is 0 Å². The Morgan fingerprint density at radius 1 is 1.12 bits per heavy atom. The lowest BCUT2D eigenvalue weighted by molar-refractivity contribution is 0.382. The maximum Gasteiger partial charge on any atom is 0.00702 e. The summed E-state index contributed by atoms with van der Waals surface area (Å²) in [6.45, 7) is 7.91. The summed E-state index contributed by atoms with van der Waals surface area (Å²) in [6.07, 6.45) is 6.66. The lowest BCUT2D eigenvalue weighted by atomic mass is 9.92. The average molecular weight is 231 g/mol. The van der Waals surface area contributed by atoms with E-state index in [-0.39, 0.29) is 0 Å². The molecular weight excluding hydrogens is 206 g/mol. The summed E-state index contributed by atoms with van der Waals surface area (Å²) in [5, 5.41) is 3.64. The highest BCUT2D eigenvalue weighted by Gasteiger charge is 2.13. The number of piperidine rings is 1. The Morgan fingerprint density at radius 2 is 1.82 bits per heavy atom. The smallest absolute Gasteiger partial charge is 0.00702 e. The van der Waals surface area contributed by atoms with Gasteiger partial charge in [0.05, 0.1) is 0 Å². The fourth-order valence-corrected chi connectivity index (χ4v) is 3.09. The zero-order valence-corrected chi connectivity index (χ0v) is 11.5. The molecule has 1 fully saturated rings. The summed E-state index contributed by atoms with van der Waals surface area (Å²) in [4.78, 5) is 0. The van der Waals surface area contributed by atoms with Gasteiger partial charge in [-0.3, -0.25) is 0 Å². The van der Waals surface area contributed by atoms with Crippen LogP contribution in [0.5, 0.6) is 0 Å². The first-order valence-electron chi connectivity index (χ1n) is 6.97. The number of hydrogen-bond donors (Lipinski definition) is 1. The highest BCUT2D eigenvalue weighted by atomic mass is 14.9. The molecule has 1 unspecified atom stereocenters. The molecule has 0 amide bonds. The Labute approximate surface area is 106 Å². The Morgan fingerprint density at radius 3 is 2.41 bits per heavy atom. The van der Waals surface area contributed by atoms with Gasteiger partial charge in [0.2, 0.25) is 0 Å². The van der Waals surface area contributed by atoms with Crippen LogP contribution in [0.1, 0.15) is 47.9 Å². The molecule has 1 heterocycles. The van der Waals surface area contributed by atoms with Gasteiger partial charge in [0.25, 0.3) is 0 Å². The van der Waals surface area contributed by atoms with Crippen LogP contribution in [0.2, 0.25) is 0 Å². The molecule has 0 saturated carbocycles. The summed E-state index contributed by atoms with van der Waals surface area (Å²) in [5.41, 5.74) is 5.90. The summed E-state index contributed by atoms with van der Waals surface area (Å²) in [5.74, 6) is 0. The SMILES string of the molecule is Cc1cc(C)c(CCC2CCCCN2)c(C)c1. The Kier molecular flexibility index (Phi) is 4.22. The molecule has 0 bridgehead atoms. The average Bonchev–Trinajstić information content (AvgIpc) is 2.29. The molecule has 0 spiro atoms. The molecule has 17 heavy (non-hydrogen) atoms. The van der Waals surface area contributed by atoms with E-state index in [4.69, 9.17) is 0 Å². The van der Waals surface area contributed by atoms with E-state index < -0.39 is 0 Å². The van der Waals surface area contributed by atoms with E-state index in [1.807, 2.05) is 0 Å². The summed E-state index contributed by atoms with van der Waals surface area (Å²) < 4.78 is 0. The van der Waals surface area contributed by atoms with E-state index in [1.165, 1.54) is 55.3 Å². The van der Waals surface area contributed by atoms with Crippen LogP contribution in [0.25, 0.3) is 0 Å². The normalized spacial score (nSPS) is 20.5. The minimum atomic E-state index is 0.754. The van der Waals surface area contributed by atoms with Gasteiger partial charge in [0, 0.05) is 6.04 Å². The van der Waals surface area contributed by atoms with Crippen molar-refractivity contribution in [1.82, 2.24) is 5.32 Å². The summed E-state index contributed by atoms with van der Waals surface area (Å²) in [6, 6.07) is 5.39. The fourth-order valence-electron chi connectivity index (χ4n) is 3.09. The molecule has 1 saturated heterocycles. The second-order valence-electron chi connectivity index (χ2n) is 5.56. The van der Waals surface area contributed by atoms with Crippen LogP contribution >= 0.6 is 0 Å². The Hall–Kier alpha value is -0.820. The maximum absolute atomic E-state index is 3.64. The molecular formula is C16H25N. The maximum atomic E-state index is 3.64. The van der Waals surface area contributed by atoms with Gasteiger partial charge in [-0.25, -0.2) is 0 Å². The van der Waals surface area contributed by atoms with Crippen molar-refractivity contribution in [2.24, 2.45) is 0 Å². The molecule has 94 valence electrons. The zero-order chi connectivity index (χ0) is 12.3. The predicted molar refractivity (Wildman–Crippen MR) is 74.6 cm³/mol. The van der Waals surface area contributed by atoms with Crippen molar-refractivity contribution in [2.75, 3.05) is 6.54 Å². The molecule has 2 rings (SSSR count). The standard InChI is InChI=1S/C16H25N/c1-12-10-13(2)16(14(3)11-12)8-7-15-6-4-5-9-17-15/h10-11,15,17H,4-9H2,1-3H3. The monoisotopic (exact) mass is 231 g/mol. The van der Waals surface area contributed by atoms with Gasteiger partial charge in [-0.15, -0.1) is 0 Å². The first kappa shape index (κ1) is 12.6. The van der Waals surface area contributed by atoms with Crippen molar-refractivity contribution >= 4 is 0 Å². The third-order valence-corrected chi connectivity index (χ3v) is 4.00. The predicted octanol–water partition coefficient (Wildman–Crippen LogP) is 3.69. The number of aryl methyl sites for hydroxylation is 3. The van der Waals surface area contributed by atoms with Crippen molar-refractivity contribution in [3.8, 4) is 0 Å². The molecule has 1 aliphatic rings. The number of hydrogen-bond acceptors (Lipinski definition) is 1. The van der Waals surface area contributed by atoms with Gasteiger partial charge < -0.3 is 5.32 Å². The largest absolute Gasteiger partial charge is 0.314 e. The minimum absolute atomic E-state index is 0.754. The van der Waals surface area contributed by atoms with Crippen molar-refractivity contribution in [3.63, 3.8) is 0 Å². The van der Waals surface area contributed by atoms with E-state index in [1.54, 1.807) is 5.56 Å². The molecule has 1 aromatic carbocycles. The minimum Gasteiger partial charge on any atom is -0.314 e. The molecule has 1 heteroatoms. The molecule has 1 atom stereocenters. The number of benzene rings is 1. The molecule has 1 N–H and O–H groups in total. The van der Waals surface area contributed by atoms with E-state index in [9.17, 15) is 0 Å². The molecule has 1 nitrogen and oxygen atoms in total. The van der Waals surface area contributed by atoms with Crippen LogP contribution in [0.4, 0.5) is 0 Å². The Balaban J connectivity index is 1.98. The third kappa shape index (κ3) is 3.32. The van der Waals surface area contributed by atoms with Gasteiger partial charge in [0.1, 0.15) is 0 Å². The second-order valence-corrected chi connectivity index (χ2v) is 5.56. The van der Waals surface area contributed by atoms with Crippen molar-refractivity contribution in [3.05, 3.63) is 34.4 Å². The fraction of sp³-hybridized carbons (Fsp3) is 0.625. The van der Waals surface area contributed by atoms with Crippen LogP contribution in [-0.2, 0) is 6.42 Å². The van der Waals surface area contributed by atoms with Crippen LogP contribution in [0.3, 0.4) is 0 Å². The van der Waals surface area contributed by atoms with E-state index in [0.29, 0.717) is 0 Å². The van der Waals surface area contributed by atoms with Crippen LogP contribution < -0.4 is 5.32 Å². The highest BCUT2D eigenvalue weighted by molar-refractivity contribution is 5.37. The van der Waals surface area contributed by atoms with Gasteiger partial charge in [0.15, 0.2) is 0 Å². The lowest BCUT2D eigenvalue weighted by Gasteiger charge is -2.24. The van der Waals surface area contributed by atoms with Crippen LogP contribution in [-0.4, -0.2) is 12.6 Å². The van der Waals surface area contributed by atoms with Gasteiger partial charge >= 0.3 is 0 Å². The van der Waals surface area contributed by atoms with Crippen molar-refractivity contribution < 1.29 is 0 Å². The Bertz CT molecular complexity index is 352. The molecule has 1 aromatic rings. The lowest BCUT2D eigenvalue weighted by Crippen LogP contribution is -2.34. The van der Waals surface area contributed by atoms with Crippen LogP contribution in [0, 0.1) is 20.8 Å². The summed E-state index contributed by atoms with van der Waals surface area (Å²) >= 11 is 0. The second kappa shape index (κ2) is 5.68. The van der Waals surface area contributed by atoms with E-state index in [2.05, 4.69) is 38.2 Å². The molecule has 0 radical (unpaired) electrons. The van der Waals surface area contributed by atoms with Gasteiger partial charge in [-0.1, -0.05) is 24.1 Å². The molecule has 1 aliphatic heterocycles. The quantitative estimate of drug-likeness (QED) is 0.836.